The van der Waals surface area contributed by atoms with Gasteiger partial charge in [-0.15, -0.1) is 0 Å². The van der Waals surface area contributed by atoms with E-state index < -0.39 is 25.4 Å². The van der Waals surface area contributed by atoms with Crippen LogP contribution in [0.15, 0.2) is 0 Å². The average molecular weight is 321 g/mol. The highest BCUT2D eigenvalue weighted by atomic mass is 28.4. The molecule has 0 bridgehead atoms. The maximum Gasteiger partial charge on any atom is 0.216 e. The Hall–Kier alpha value is 0.571. The van der Waals surface area contributed by atoms with Crippen molar-refractivity contribution in [2.45, 2.75) is 90.4 Å². The van der Waals surface area contributed by atoms with Crippen LogP contribution in [0.2, 0.25) is 45.8 Å². The van der Waals surface area contributed by atoms with Gasteiger partial charge >= 0.3 is 0 Å². The SMILES string of the molecule is CCC(O[Si](C)(C)C(C)(CC)O[Si](C)(C)C)[SiH](C)C. The first kappa shape index (κ1) is 19.6. The summed E-state index contributed by atoms with van der Waals surface area (Å²) in [6.45, 7) is 23.1. The van der Waals surface area contributed by atoms with E-state index >= 15 is 0 Å². The third kappa shape index (κ3) is 5.83. The molecule has 0 saturated heterocycles. The zero-order chi connectivity index (χ0) is 15.5. The lowest BCUT2D eigenvalue weighted by Crippen LogP contribution is -2.61. The molecule has 2 nitrogen and oxygen atoms in total. The smallest absolute Gasteiger partial charge is 0.216 e. The second-order valence-corrected chi connectivity index (χ2v) is 19.6. The Bertz CT molecular complexity index is 274. The minimum Gasteiger partial charge on any atom is -0.415 e. The van der Waals surface area contributed by atoms with E-state index in [0.29, 0.717) is 5.73 Å². The fourth-order valence-corrected chi connectivity index (χ4v) is 11.0. The van der Waals surface area contributed by atoms with Crippen molar-refractivity contribution in [3.63, 3.8) is 0 Å². The molecule has 0 aliphatic carbocycles. The molecule has 0 aromatic carbocycles. The molecule has 0 aliphatic rings. The standard InChI is InChI=1S/C14H36O2Si3/c1-11-13(17(4)5)15-19(9,10)14(3,12-2)16-18(6,7)8/h13,17H,11-12H2,1-10H3. The van der Waals surface area contributed by atoms with Crippen molar-refractivity contribution in [1.82, 2.24) is 0 Å². The summed E-state index contributed by atoms with van der Waals surface area (Å²) in [6.07, 6.45) is 2.19. The van der Waals surface area contributed by atoms with E-state index in [1.54, 1.807) is 0 Å². The predicted octanol–water partition coefficient (Wildman–Crippen LogP) is 4.57. The van der Waals surface area contributed by atoms with Crippen molar-refractivity contribution in [1.29, 1.82) is 0 Å². The minimum absolute atomic E-state index is 0.0613. The summed E-state index contributed by atoms with van der Waals surface area (Å²) in [5, 5.41) is -0.0613. The lowest BCUT2D eigenvalue weighted by molar-refractivity contribution is 0.109. The van der Waals surface area contributed by atoms with E-state index in [0.717, 1.165) is 12.8 Å². The lowest BCUT2D eigenvalue weighted by Gasteiger charge is -2.47. The first-order chi connectivity index (χ1) is 8.38. The summed E-state index contributed by atoms with van der Waals surface area (Å²) < 4.78 is 13.2. The van der Waals surface area contributed by atoms with Crippen molar-refractivity contribution < 1.29 is 8.85 Å². The van der Waals surface area contributed by atoms with Gasteiger partial charge in [0, 0.05) is 5.73 Å². The summed E-state index contributed by atoms with van der Waals surface area (Å²) in [4.78, 5) is 0. The highest BCUT2D eigenvalue weighted by Crippen LogP contribution is 2.33. The summed E-state index contributed by atoms with van der Waals surface area (Å²) in [6, 6.07) is 0. The molecule has 0 rings (SSSR count). The van der Waals surface area contributed by atoms with Gasteiger partial charge < -0.3 is 8.85 Å². The Morgan fingerprint density at radius 3 is 1.79 bits per heavy atom. The number of hydrogen-bond acceptors (Lipinski definition) is 2. The fourth-order valence-electron chi connectivity index (χ4n) is 2.49. The topological polar surface area (TPSA) is 18.5 Å². The van der Waals surface area contributed by atoms with E-state index in [2.05, 4.69) is 66.6 Å². The number of rotatable bonds is 8. The monoisotopic (exact) mass is 320 g/mol. The minimum atomic E-state index is -1.87. The van der Waals surface area contributed by atoms with Gasteiger partial charge in [-0.3, -0.25) is 0 Å². The Morgan fingerprint density at radius 2 is 1.53 bits per heavy atom. The molecule has 0 aromatic heterocycles. The first-order valence-electron chi connectivity index (χ1n) is 7.76. The van der Waals surface area contributed by atoms with Crippen LogP contribution in [-0.2, 0) is 8.85 Å². The molecule has 116 valence electrons. The van der Waals surface area contributed by atoms with Crippen LogP contribution in [0, 0.1) is 0 Å². The first-order valence-corrected chi connectivity index (χ1v) is 17.1. The van der Waals surface area contributed by atoms with Crippen LogP contribution in [0.4, 0.5) is 0 Å². The van der Waals surface area contributed by atoms with Gasteiger partial charge in [-0.05, 0) is 52.5 Å². The number of hydrogen-bond donors (Lipinski definition) is 0. The van der Waals surface area contributed by atoms with E-state index in [1.165, 1.54) is 0 Å². The molecule has 0 N–H and O–H groups in total. The maximum atomic E-state index is 6.65. The molecule has 5 heteroatoms. The van der Waals surface area contributed by atoms with Gasteiger partial charge in [0.25, 0.3) is 0 Å². The summed E-state index contributed by atoms with van der Waals surface area (Å²) in [5.74, 6) is 0. The van der Waals surface area contributed by atoms with Gasteiger partial charge in [0.1, 0.15) is 0 Å². The van der Waals surface area contributed by atoms with E-state index in [4.69, 9.17) is 8.85 Å². The molecule has 0 amide bonds. The van der Waals surface area contributed by atoms with Gasteiger partial charge in [0.05, 0.1) is 14.0 Å². The lowest BCUT2D eigenvalue weighted by atomic mass is 10.3. The van der Waals surface area contributed by atoms with E-state index in [-0.39, 0.29) is 5.22 Å². The van der Waals surface area contributed by atoms with Gasteiger partial charge in [0.15, 0.2) is 8.32 Å². The fraction of sp³-hybridized carbons (Fsp3) is 1.00. The van der Waals surface area contributed by atoms with Crippen LogP contribution in [0.5, 0.6) is 0 Å². The van der Waals surface area contributed by atoms with Crippen molar-refractivity contribution in [2.24, 2.45) is 0 Å². The molecule has 0 spiro atoms. The third-order valence-electron chi connectivity index (χ3n) is 4.07. The molecule has 2 atom stereocenters. The van der Waals surface area contributed by atoms with E-state index in [1.807, 2.05) is 0 Å². The van der Waals surface area contributed by atoms with Crippen LogP contribution >= 0.6 is 0 Å². The quantitative estimate of drug-likeness (QED) is 0.610. The van der Waals surface area contributed by atoms with Crippen LogP contribution in [0.3, 0.4) is 0 Å². The van der Waals surface area contributed by atoms with Crippen LogP contribution in [-0.4, -0.2) is 36.4 Å². The van der Waals surface area contributed by atoms with Gasteiger partial charge in [0.2, 0.25) is 8.32 Å². The van der Waals surface area contributed by atoms with Gasteiger partial charge in [-0.1, -0.05) is 26.9 Å². The molecule has 0 aliphatic heterocycles. The summed E-state index contributed by atoms with van der Waals surface area (Å²) >= 11 is 0. The van der Waals surface area contributed by atoms with Crippen LogP contribution in [0.25, 0.3) is 0 Å². The van der Waals surface area contributed by atoms with Gasteiger partial charge in [-0.25, -0.2) is 0 Å². The molecular weight excluding hydrogens is 284 g/mol. The second-order valence-electron chi connectivity index (χ2n) is 7.62. The van der Waals surface area contributed by atoms with Crippen LogP contribution < -0.4 is 0 Å². The largest absolute Gasteiger partial charge is 0.415 e. The zero-order valence-corrected chi connectivity index (χ0v) is 18.0. The third-order valence-corrected chi connectivity index (χ3v) is 11.6. The van der Waals surface area contributed by atoms with Gasteiger partial charge in [-0.2, -0.15) is 0 Å². The highest BCUT2D eigenvalue weighted by molar-refractivity contribution is 6.77. The Balaban J connectivity index is 5.10. The van der Waals surface area contributed by atoms with Crippen molar-refractivity contribution >= 4 is 25.4 Å². The molecule has 19 heavy (non-hydrogen) atoms. The molecule has 0 heterocycles. The Morgan fingerprint density at radius 1 is 1.05 bits per heavy atom. The molecule has 0 radical (unpaired) electrons. The summed E-state index contributed by atoms with van der Waals surface area (Å²) in [7, 11) is -4.17. The Kier molecular flexibility index (Phi) is 7.23. The predicted molar refractivity (Wildman–Crippen MR) is 94.7 cm³/mol. The second kappa shape index (κ2) is 7.02. The molecule has 0 aromatic rings. The van der Waals surface area contributed by atoms with E-state index in [9.17, 15) is 0 Å². The van der Waals surface area contributed by atoms with Crippen molar-refractivity contribution in [3.8, 4) is 0 Å². The van der Waals surface area contributed by atoms with Crippen molar-refractivity contribution in [2.75, 3.05) is 0 Å². The summed E-state index contributed by atoms with van der Waals surface area (Å²) in [5.41, 5.74) is 0.498. The molecule has 2 unspecified atom stereocenters. The maximum absolute atomic E-state index is 6.65. The Labute approximate surface area is 125 Å². The average Bonchev–Trinajstić information content (AvgIpc) is 2.22. The van der Waals surface area contributed by atoms with Crippen molar-refractivity contribution in [3.05, 3.63) is 0 Å². The highest BCUT2D eigenvalue weighted by Gasteiger charge is 2.48. The normalized spacial score (nSPS) is 18.5. The molecular formula is C14H36O2Si3. The zero-order valence-electron chi connectivity index (χ0n) is 14.9. The molecule has 0 saturated carbocycles. The van der Waals surface area contributed by atoms with Crippen LogP contribution in [0.1, 0.15) is 33.6 Å². The molecule has 0 fully saturated rings.